The Balaban J connectivity index is 0.000000396. The van der Waals surface area contributed by atoms with Gasteiger partial charge >= 0.3 is 7.32 Å². The number of hydrogen-bond acceptors (Lipinski definition) is 6. The Bertz CT molecular complexity index is 420. The second-order valence-electron chi connectivity index (χ2n) is 5.69. The molecule has 116 valence electrons. The minimum absolute atomic E-state index is 0.424. The normalized spacial score (nSPS) is 11.8. The zero-order valence-corrected chi connectivity index (χ0v) is 13.2. The summed E-state index contributed by atoms with van der Waals surface area (Å²) in [5.74, 6) is 0.424. The summed E-state index contributed by atoms with van der Waals surface area (Å²) in [6, 6.07) is 0. The van der Waals surface area contributed by atoms with Gasteiger partial charge in [-0.15, -0.1) is 0 Å². The molecule has 0 unspecified atom stereocenters. The second kappa shape index (κ2) is 6.58. The number of hydrogen-bond donors (Lipinski definition) is 4. The maximum atomic E-state index is 9.10. The minimum atomic E-state index is -1.79. The van der Waals surface area contributed by atoms with Crippen LogP contribution in [0, 0.1) is 13.8 Å². The molecule has 0 aliphatic rings. The van der Waals surface area contributed by atoms with Crippen LogP contribution in [0.25, 0.3) is 0 Å². The first-order valence-corrected chi connectivity index (χ1v) is 6.25. The molecule has 0 atom stereocenters. The molecule has 1 aromatic rings. The van der Waals surface area contributed by atoms with E-state index in [1.165, 1.54) is 0 Å². The molecule has 20 heavy (non-hydrogen) atoms. The van der Waals surface area contributed by atoms with Crippen molar-refractivity contribution in [2.45, 2.75) is 52.7 Å². The van der Waals surface area contributed by atoms with E-state index in [-0.39, 0.29) is 0 Å². The van der Waals surface area contributed by atoms with Gasteiger partial charge in [0.25, 0.3) is 0 Å². The fourth-order valence-electron chi connectivity index (χ4n) is 1.03. The van der Waals surface area contributed by atoms with E-state index in [9.17, 15) is 0 Å². The third-order valence-corrected chi connectivity index (χ3v) is 3.16. The molecule has 0 saturated carbocycles. The van der Waals surface area contributed by atoms with Crippen molar-refractivity contribution >= 4 is 7.32 Å². The Morgan fingerprint density at radius 2 is 1.45 bits per heavy atom. The molecule has 4 N–H and O–H groups in total. The molecule has 0 aromatic carbocycles. The van der Waals surface area contributed by atoms with E-state index >= 15 is 0 Å². The van der Waals surface area contributed by atoms with Gasteiger partial charge in [0.05, 0.1) is 22.6 Å². The van der Waals surface area contributed by atoms with E-state index in [4.69, 9.17) is 24.9 Å². The van der Waals surface area contributed by atoms with Crippen LogP contribution in [-0.4, -0.2) is 48.6 Å². The van der Waals surface area contributed by atoms with E-state index < -0.39 is 18.5 Å². The van der Waals surface area contributed by atoms with Crippen molar-refractivity contribution in [1.29, 1.82) is 0 Å². The molecule has 0 amide bonds. The molecular formula is C12H25BN2O5. The molecule has 1 aromatic heterocycles. The third-order valence-electron chi connectivity index (χ3n) is 3.16. The maximum absolute atomic E-state index is 9.10. The Morgan fingerprint density at radius 1 is 1.05 bits per heavy atom. The van der Waals surface area contributed by atoms with Gasteiger partial charge in [-0.05, 0) is 41.5 Å². The largest absolute Gasteiger partial charge is 0.707 e. The summed E-state index contributed by atoms with van der Waals surface area (Å²) >= 11 is 0. The van der Waals surface area contributed by atoms with Crippen LogP contribution < -0.4 is 4.65 Å². The Hall–Kier alpha value is -1.09. The minimum Gasteiger partial charge on any atom is -0.509 e. The van der Waals surface area contributed by atoms with E-state index in [0.29, 0.717) is 11.4 Å². The standard InChI is InChI=1S/C6H11BN2O3.C6H14O2/c1-4-6(12-7(10)11)5(2)9(3)8-4;1-5(2,7)6(3,4)8/h10-11H,1-3H3;7-8H,1-4H3. The highest BCUT2D eigenvalue weighted by atomic mass is 16.6. The lowest BCUT2D eigenvalue weighted by atomic mass is 9.90. The highest BCUT2D eigenvalue weighted by Gasteiger charge is 2.31. The maximum Gasteiger partial charge on any atom is 0.707 e. The van der Waals surface area contributed by atoms with Crippen LogP contribution in [0.15, 0.2) is 0 Å². The molecule has 1 heterocycles. The molecule has 0 saturated heterocycles. The Morgan fingerprint density at radius 3 is 1.65 bits per heavy atom. The predicted octanol–water partition coefficient (Wildman–Crippen LogP) is -0.0866. The van der Waals surface area contributed by atoms with Gasteiger partial charge < -0.3 is 24.9 Å². The number of rotatable bonds is 3. The lowest BCUT2D eigenvalue weighted by molar-refractivity contribution is -0.107. The van der Waals surface area contributed by atoms with Crippen molar-refractivity contribution in [2.75, 3.05) is 0 Å². The molecular weight excluding hydrogens is 263 g/mol. The smallest absolute Gasteiger partial charge is 0.509 e. The Labute approximate surface area is 120 Å². The summed E-state index contributed by atoms with van der Waals surface area (Å²) in [6.45, 7) is 9.84. The molecule has 0 aliphatic heterocycles. The molecule has 8 heteroatoms. The first kappa shape index (κ1) is 18.9. The fourth-order valence-corrected chi connectivity index (χ4v) is 1.03. The lowest BCUT2D eigenvalue weighted by Gasteiger charge is -2.31. The van der Waals surface area contributed by atoms with Gasteiger partial charge in [-0.2, -0.15) is 5.10 Å². The van der Waals surface area contributed by atoms with Crippen LogP contribution in [0.3, 0.4) is 0 Å². The molecule has 0 spiro atoms. The summed E-state index contributed by atoms with van der Waals surface area (Å²) in [7, 11) is -0.0227. The quantitative estimate of drug-likeness (QED) is 0.579. The lowest BCUT2D eigenvalue weighted by Crippen LogP contribution is -2.44. The van der Waals surface area contributed by atoms with Crippen LogP contribution in [-0.2, 0) is 7.05 Å². The fraction of sp³-hybridized carbons (Fsp3) is 0.750. The monoisotopic (exact) mass is 288 g/mol. The van der Waals surface area contributed by atoms with E-state index in [1.54, 1.807) is 53.3 Å². The highest BCUT2D eigenvalue weighted by molar-refractivity contribution is 6.33. The van der Waals surface area contributed by atoms with Crippen LogP contribution in [0.4, 0.5) is 0 Å². The van der Waals surface area contributed by atoms with Gasteiger partial charge in [0.1, 0.15) is 5.75 Å². The number of aryl methyl sites for hydroxylation is 2. The van der Waals surface area contributed by atoms with E-state index in [0.717, 1.165) is 5.69 Å². The van der Waals surface area contributed by atoms with Gasteiger partial charge in [0, 0.05) is 7.05 Å². The first-order chi connectivity index (χ1) is 8.77. The molecule has 0 bridgehead atoms. The second-order valence-corrected chi connectivity index (χ2v) is 5.69. The zero-order valence-electron chi connectivity index (χ0n) is 13.2. The van der Waals surface area contributed by atoms with Gasteiger partial charge in [0.2, 0.25) is 0 Å². The van der Waals surface area contributed by atoms with Crippen LogP contribution >= 0.6 is 0 Å². The van der Waals surface area contributed by atoms with Crippen molar-refractivity contribution in [1.82, 2.24) is 9.78 Å². The van der Waals surface area contributed by atoms with Crippen LogP contribution in [0.5, 0.6) is 5.75 Å². The summed E-state index contributed by atoms with van der Waals surface area (Å²) in [6.07, 6.45) is 0. The molecule has 0 aliphatic carbocycles. The van der Waals surface area contributed by atoms with Gasteiger partial charge in [-0.25, -0.2) is 0 Å². The van der Waals surface area contributed by atoms with E-state index in [2.05, 4.69) is 5.10 Å². The van der Waals surface area contributed by atoms with Crippen molar-refractivity contribution in [3.63, 3.8) is 0 Å². The SMILES string of the molecule is CC(C)(O)C(C)(C)O.Cc1nn(C)c(C)c1OB(O)O. The molecule has 0 fully saturated rings. The van der Waals surface area contributed by atoms with Gasteiger partial charge in [-0.3, -0.25) is 4.68 Å². The number of aliphatic hydroxyl groups is 2. The van der Waals surface area contributed by atoms with E-state index in [1.807, 2.05) is 0 Å². The molecule has 1 rings (SSSR count). The molecule has 0 radical (unpaired) electrons. The average Bonchev–Trinajstić information content (AvgIpc) is 2.42. The highest BCUT2D eigenvalue weighted by Crippen LogP contribution is 2.21. The van der Waals surface area contributed by atoms with Crippen molar-refractivity contribution in [3.05, 3.63) is 11.4 Å². The summed E-state index contributed by atoms with van der Waals surface area (Å²) in [4.78, 5) is 0. The summed E-state index contributed by atoms with van der Waals surface area (Å²) in [5.41, 5.74) is -0.608. The topological polar surface area (TPSA) is 108 Å². The first-order valence-electron chi connectivity index (χ1n) is 6.25. The summed E-state index contributed by atoms with van der Waals surface area (Å²) in [5, 5.41) is 39.4. The van der Waals surface area contributed by atoms with Crippen molar-refractivity contribution in [3.8, 4) is 5.75 Å². The number of aromatic nitrogens is 2. The zero-order chi connectivity index (χ0) is 16.3. The van der Waals surface area contributed by atoms with Crippen LogP contribution in [0.1, 0.15) is 39.1 Å². The molecule has 7 nitrogen and oxygen atoms in total. The van der Waals surface area contributed by atoms with Gasteiger partial charge in [-0.1, -0.05) is 0 Å². The van der Waals surface area contributed by atoms with Crippen molar-refractivity contribution < 1.29 is 24.9 Å². The van der Waals surface area contributed by atoms with Crippen molar-refractivity contribution in [2.24, 2.45) is 7.05 Å². The average molecular weight is 288 g/mol. The van der Waals surface area contributed by atoms with Crippen LogP contribution in [0.2, 0.25) is 0 Å². The van der Waals surface area contributed by atoms with Gasteiger partial charge in [0.15, 0.2) is 0 Å². The number of nitrogens with zero attached hydrogens (tertiary/aromatic N) is 2. The predicted molar refractivity (Wildman–Crippen MR) is 76.1 cm³/mol. The Kier molecular flexibility index (Phi) is 6.22. The summed E-state index contributed by atoms with van der Waals surface area (Å²) < 4.78 is 6.34. The third kappa shape index (κ3) is 5.50.